The molecule has 0 aliphatic heterocycles. The van der Waals surface area contributed by atoms with Crippen molar-refractivity contribution in [1.29, 1.82) is 0 Å². The first kappa shape index (κ1) is 52.2. The highest BCUT2D eigenvalue weighted by molar-refractivity contribution is 6.04. The molecule has 0 aliphatic rings. The highest BCUT2D eigenvalue weighted by Crippen LogP contribution is 2.35. The van der Waals surface area contributed by atoms with Gasteiger partial charge in [-0.1, -0.05) is 48.5 Å². The molecule has 1 amide bonds. The molecule has 5 aromatic carbocycles. The molecule has 0 aliphatic carbocycles. The van der Waals surface area contributed by atoms with Crippen LogP contribution in [-0.4, -0.2) is 35.2 Å². The number of aryl methyl sites for hydroxylation is 3. The Morgan fingerprint density at radius 2 is 0.887 bits per heavy atom. The summed E-state index contributed by atoms with van der Waals surface area (Å²) in [5.74, 6) is -4.24. The average molecular weight is 1010 g/mol. The summed E-state index contributed by atoms with van der Waals surface area (Å²) in [6.45, 7) is 0.0763. The third-order valence-corrected chi connectivity index (χ3v) is 10.1. The van der Waals surface area contributed by atoms with E-state index in [1.165, 1.54) is 81.8 Å². The van der Waals surface area contributed by atoms with Crippen LogP contribution in [-0.2, 0) is 46.2 Å². The van der Waals surface area contributed by atoms with E-state index in [1.54, 1.807) is 18.2 Å². The monoisotopic (exact) mass is 1010 g/mol. The van der Waals surface area contributed by atoms with Gasteiger partial charge in [0.25, 0.3) is 5.91 Å². The number of rotatable bonds is 8. The first-order valence-corrected chi connectivity index (χ1v) is 20.2. The van der Waals surface area contributed by atoms with E-state index >= 15 is 0 Å². The van der Waals surface area contributed by atoms with E-state index in [2.05, 4.69) is 25.9 Å². The van der Waals surface area contributed by atoms with Crippen LogP contribution < -0.4 is 16.4 Å². The molecule has 0 saturated carbocycles. The van der Waals surface area contributed by atoms with Gasteiger partial charge in [0.1, 0.15) is 29.1 Å². The number of carbonyl (C=O) groups is 1. The second-order valence-electron chi connectivity index (χ2n) is 15.1. The van der Waals surface area contributed by atoms with Gasteiger partial charge < -0.3 is 16.4 Å². The number of anilines is 3. The summed E-state index contributed by atoms with van der Waals surface area (Å²) in [4.78, 5) is 12.1. The summed E-state index contributed by atoms with van der Waals surface area (Å²) < 4.78 is 186. The number of nitrogens with two attached hydrogens (primary N) is 1. The Bertz CT molecular complexity index is 3190. The number of aromatic nitrogens is 6. The van der Waals surface area contributed by atoms with Gasteiger partial charge >= 0.3 is 18.5 Å². The number of halogens is 14. The Morgan fingerprint density at radius 1 is 0.493 bits per heavy atom. The van der Waals surface area contributed by atoms with Crippen molar-refractivity contribution in [2.75, 3.05) is 16.4 Å². The molecule has 0 fully saturated rings. The van der Waals surface area contributed by atoms with E-state index in [4.69, 9.17) is 5.73 Å². The molecular weight excluding hydrogens is 973 g/mol. The molecule has 0 bridgehead atoms. The van der Waals surface area contributed by atoms with Crippen LogP contribution in [0.25, 0.3) is 33.8 Å². The van der Waals surface area contributed by atoms with E-state index in [1.807, 2.05) is 0 Å². The number of nitrogens with one attached hydrogen (secondary N) is 2. The van der Waals surface area contributed by atoms with Crippen molar-refractivity contribution in [3.63, 3.8) is 0 Å². The third kappa shape index (κ3) is 12.7. The van der Waals surface area contributed by atoms with Crippen LogP contribution in [0.15, 0.2) is 121 Å². The van der Waals surface area contributed by atoms with E-state index in [0.29, 0.717) is 5.56 Å². The van der Waals surface area contributed by atoms with Crippen LogP contribution in [0.1, 0.15) is 33.0 Å². The van der Waals surface area contributed by atoms with Gasteiger partial charge in [0.2, 0.25) is 0 Å². The van der Waals surface area contributed by atoms with Gasteiger partial charge in [-0.2, -0.15) is 54.8 Å². The molecule has 3 aromatic heterocycles. The molecule has 372 valence electrons. The molecular formula is C47H35F14N9O. The summed E-state index contributed by atoms with van der Waals surface area (Å²) in [7, 11) is 4.02. The van der Waals surface area contributed by atoms with Gasteiger partial charge in [-0.3, -0.25) is 18.8 Å². The van der Waals surface area contributed by atoms with Gasteiger partial charge in [0, 0.05) is 49.9 Å². The van der Waals surface area contributed by atoms with Crippen molar-refractivity contribution in [2.24, 2.45) is 21.1 Å². The molecule has 3 heterocycles. The second kappa shape index (κ2) is 20.8. The molecule has 0 saturated heterocycles. The standard InChI is InChI=1S/C18H12F5N3O.C18H14F5N3.C11H9F4N3/c1-26-15(9-16(25-26)18(21,22)23)10-6-7-14(13(20)8-10)24-17(27)11-4-2-3-5-12(11)19;1-26-16(9-17(25-26)18(21,22)23)11-6-7-15(14(20)8-11)24-10-12-4-2-3-5-13(12)19;1-18-9(5-10(17-18)11(13,14)15)6-2-3-8(16)7(12)4-6/h2-9H,1H3,(H,24,27);2-9,24H,10H2,1H3;2-5H,16H2,1H3. The molecule has 0 atom stereocenters. The molecule has 0 spiro atoms. The van der Waals surface area contributed by atoms with E-state index < -0.39 is 70.6 Å². The van der Waals surface area contributed by atoms with Crippen molar-refractivity contribution in [3.05, 3.63) is 179 Å². The van der Waals surface area contributed by atoms with E-state index in [0.717, 1.165) is 56.5 Å². The maximum absolute atomic E-state index is 14.3. The number of hydrogen-bond acceptors (Lipinski definition) is 6. The summed E-state index contributed by atoms with van der Waals surface area (Å²) in [6, 6.07) is 25.1. The molecule has 8 rings (SSSR count). The molecule has 10 nitrogen and oxygen atoms in total. The first-order valence-electron chi connectivity index (χ1n) is 20.2. The van der Waals surface area contributed by atoms with Crippen LogP contribution in [0.2, 0.25) is 0 Å². The largest absolute Gasteiger partial charge is 0.435 e. The third-order valence-electron chi connectivity index (χ3n) is 10.1. The number of nitrogens with zero attached hydrogens (tertiary/aromatic N) is 6. The highest BCUT2D eigenvalue weighted by Gasteiger charge is 2.36. The lowest BCUT2D eigenvalue weighted by Crippen LogP contribution is -2.14. The minimum Gasteiger partial charge on any atom is -0.396 e. The van der Waals surface area contributed by atoms with Gasteiger partial charge in [-0.05, 0) is 72.8 Å². The molecule has 4 N–H and O–H groups in total. The minimum absolute atomic E-state index is 0.0493. The van der Waals surface area contributed by atoms with E-state index in [9.17, 15) is 66.3 Å². The quantitative estimate of drug-likeness (QED) is 0.103. The number of alkyl halides is 9. The van der Waals surface area contributed by atoms with Crippen molar-refractivity contribution >= 4 is 23.0 Å². The topological polar surface area (TPSA) is 121 Å². The average Bonchev–Trinajstić information content (AvgIpc) is 4.02. The number of nitrogen functional groups attached to an aromatic ring is 1. The fraction of sp³-hybridized carbons (Fsp3) is 0.149. The lowest BCUT2D eigenvalue weighted by atomic mass is 10.1. The maximum atomic E-state index is 14.3. The van der Waals surface area contributed by atoms with Gasteiger partial charge in [0.15, 0.2) is 17.1 Å². The highest BCUT2D eigenvalue weighted by atomic mass is 19.4. The van der Waals surface area contributed by atoms with Gasteiger partial charge in [-0.15, -0.1) is 0 Å². The molecule has 24 heteroatoms. The molecule has 71 heavy (non-hydrogen) atoms. The second-order valence-corrected chi connectivity index (χ2v) is 15.1. The predicted molar refractivity (Wildman–Crippen MR) is 233 cm³/mol. The smallest absolute Gasteiger partial charge is 0.396 e. The normalized spacial score (nSPS) is 11.6. The minimum atomic E-state index is -4.62. The van der Waals surface area contributed by atoms with Crippen molar-refractivity contribution < 1.29 is 66.3 Å². The Labute approximate surface area is 393 Å². The summed E-state index contributed by atoms with van der Waals surface area (Å²) >= 11 is 0. The van der Waals surface area contributed by atoms with E-state index in [-0.39, 0.29) is 62.9 Å². The molecule has 0 unspecified atom stereocenters. The Balaban J connectivity index is 0.000000178. The van der Waals surface area contributed by atoms with Crippen molar-refractivity contribution in [2.45, 2.75) is 25.1 Å². The number of amides is 1. The predicted octanol–water partition coefficient (Wildman–Crippen LogP) is 12.5. The Morgan fingerprint density at radius 3 is 1.28 bits per heavy atom. The zero-order valence-electron chi connectivity index (χ0n) is 36.7. The SMILES string of the molecule is Cn1nc(C(F)(F)F)cc1-c1ccc(N)c(F)c1.Cn1nc(C(F)(F)F)cc1-c1ccc(NC(=O)c2ccccc2F)c(F)c1.Cn1nc(C(F)(F)F)cc1-c1ccc(NCc2ccccc2F)c(F)c1. The van der Waals surface area contributed by atoms with Crippen LogP contribution in [0.4, 0.5) is 78.5 Å². The summed E-state index contributed by atoms with van der Waals surface area (Å²) in [5, 5.41) is 15.1. The van der Waals surface area contributed by atoms with Crippen molar-refractivity contribution in [3.8, 4) is 33.8 Å². The van der Waals surface area contributed by atoms with Gasteiger partial charge in [0.05, 0.1) is 39.7 Å². The van der Waals surface area contributed by atoms with Crippen molar-refractivity contribution in [1.82, 2.24) is 29.3 Å². The number of benzene rings is 5. The number of carbonyl (C=O) groups excluding carboxylic acids is 1. The molecule has 8 aromatic rings. The summed E-state index contributed by atoms with van der Waals surface area (Å²) in [5.41, 5.74) is 3.12. The lowest BCUT2D eigenvalue weighted by molar-refractivity contribution is -0.142. The first-order chi connectivity index (χ1) is 33.2. The Kier molecular flexibility index (Phi) is 15.3. The zero-order chi connectivity index (χ0) is 52.2. The van der Waals surface area contributed by atoms with Crippen LogP contribution in [0.5, 0.6) is 0 Å². The molecule has 0 radical (unpaired) electrons. The van der Waals surface area contributed by atoms with Crippen LogP contribution >= 0.6 is 0 Å². The van der Waals surface area contributed by atoms with Crippen LogP contribution in [0.3, 0.4) is 0 Å². The Hall–Kier alpha value is -8.18. The number of hydrogen-bond donors (Lipinski definition) is 3. The lowest BCUT2D eigenvalue weighted by Gasteiger charge is -2.10. The van der Waals surface area contributed by atoms with Gasteiger partial charge in [-0.25, -0.2) is 22.0 Å². The fourth-order valence-corrected chi connectivity index (χ4v) is 6.58. The van der Waals surface area contributed by atoms with Crippen LogP contribution in [0, 0.1) is 29.1 Å². The summed E-state index contributed by atoms with van der Waals surface area (Å²) in [6.07, 6.45) is -13.7. The fourth-order valence-electron chi connectivity index (χ4n) is 6.58. The maximum Gasteiger partial charge on any atom is 0.435 e. The zero-order valence-corrected chi connectivity index (χ0v) is 36.7.